The van der Waals surface area contributed by atoms with E-state index in [0.29, 0.717) is 0 Å². The van der Waals surface area contributed by atoms with E-state index in [-0.39, 0.29) is 5.92 Å². The number of anilines is 5. The number of rotatable bonds is 14. The molecule has 0 saturated carbocycles. The Bertz CT molecular complexity index is 3830. The maximum absolute atomic E-state index is 2.51. The van der Waals surface area contributed by atoms with Gasteiger partial charge in [0.2, 0.25) is 0 Å². The highest BCUT2D eigenvalue weighted by Gasteiger charge is 2.33. The standard InChI is InChI=1S/C78H64N2/c1-55-13-21-59(22-14-55)29-33-63-37-45-67(46-38-63)79(68-47-39-64(40-48-68)34-30-60-23-15-56(2)16-24-60)77-53-75-72-10-6-8-12-74(72)78(54-76(75)71-9-5-7-11-73(71)77)80(69-49-41-65(42-50-69)35-31-61-25-17-57(3)18-26-61)70-51-43-66(44-52-70)36-32-62-27-19-58(4)20-28-62/h5-53,72H,54H2,1-4H3. The van der Waals surface area contributed by atoms with E-state index < -0.39 is 0 Å². The maximum Gasteiger partial charge on any atom is 0.0543 e. The van der Waals surface area contributed by atoms with E-state index in [9.17, 15) is 0 Å². The number of hydrogen-bond donors (Lipinski definition) is 0. The Morgan fingerprint density at radius 2 is 0.650 bits per heavy atom. The van der Waals surface area contributed by atoms with Crippen molar-refractivity contribution in [2.45, 2.75) is 40.0 Å². The normalized spacial score (nSPS) is 14.0. The molecule has 0 heterocycles. The van der Waals surface area contributed by atoms with E-state index in [1.807, 2.05) is 0 Å². The van der Waals surface area contributed by atoms with Gasteiger partial charge in [0.25, 0.3) is 0 Å². The van der Waals surface area contributed by atoms with Crippen LogP contribution < -0.4 is 9.80 Å². The number of fused-ring (bicyclic) bond motifs is 5. The van der Waals surface area contributed by atoms with Crippen molar-refractivity contribution in [3.8, 4) is 0 Å². The SMILES string of the molecule is Cc1ccc(C=Cc2ccc(N(C3=C4C=CC=CC4c4cc(N(c5ccc(C=Cc6ccc(C)cc6)cc5)c5ccc(C=Cc6ccc(C)cc6)cc5)c5ccccc5c4C3)c3ccc(C=Cc4ccc(C)cc4)cc3)cc2)cc1. The molecular weight excluding hydrogens is 965 g/mol. The summed E-state index contributed by atoms with van der Waals surface area (Å²) in [5, 5.41) is 2.46. The lowest BCUT2D eigenvalue weighted by Gasteiger charge is -2.38. The molecule has 12 rings (SSSR count). The molecule has 386 valence electrons. The van der Waals surface area contributed by atoms with Crippen molar-refractivity contribution >= 4 is 87.8 Å². The highest BCUT2D eigenvalue weighted by Crippen LogP contribution is 2.50. The highest BCUT2D eigenvalue weighted by atomic mass is 15.2. The van der Waals surface area contributed by atoms with Crippen LogP contribution in [-0.2, 0) is 6.42 Å². The number of benzene rings is 10. The van der Waals surface area contributed by atoms with Gasteiger partial charge in [-0.05, 0) is 149 Å². The summed E-state index contributed by atoms with van der Waals surface area (Å²) in [6.45, 7) is 8.52. The van der Waals surface area contributed by atoms with Crippen molar-refractivity contribution in [3.63, 3.8) is 0 Å². The summed E-state index contributed by atoms with van der Waals surface area (Å²) in [7, 11) is 0. The van der Waals surface area contributed by atoms with Crippen LogP contribution >= 0.6 is 0 Å². The minimum absolute atomic E-state index is 0.0171. The molecule has 1 atom stereocenters. The van der Waals surface area contributed by atoms with Crippen molar-refractivity contribution in [1.82, 2.24) is 0 Å². The van der Waals surface area contributed by atoms with Crippen molar-refractivity contribution < 1.29 is 0 Å². The molecule has 10 aromatic rings. The van der Waals surface area contributed by atoms with Gasteiger partial charge >= 0.3 is 0 Å². The summed E-state index contributed by atoms with van der Waals surface area (Å²) in [5.41, 5.74) is 25.2. The first-order chi connectivity index (χ1) is 39.2. The molecule has 0 spiro atoms. The molecule has 0 fully saturated rings. The maximum atomic E-state index is 2.51. The molecule has 10 aromatic carbocycles. The molecule has 0 saturated heterocycles. The summed E-state index contributed by atoms with van der Waals surface area (Å²) in [6.07, 6.45) is 27.5. The van der Waals surface area contributed by atoms with Crippen LogP contribution in [0.3, 0.4) is 0 Å². The lowest BCUT2D eigenvalue weighted by atomic mass is 9.75. The minimum atomic E-state index is 0.0171. The summed E-state index contributed by atoms with van der Waals surface area (Å²) in [6, 6.07) is 82.4. The smallest absolute Gasteiger partial charge is 0.0543 e. The molecule has 1 unspecified atom stereocenters. The second-order valence-corrected chi connectivity index (χ2v) is 21.3. The zero-order chi connectivity index (χ0) is 54.4. The Morgan fingerprint density at radius 1 is 0.338 bits per heavy atom. The summed E-state index contributed by atoms with van der Waals surface area (Å²) >= 11 is 0. The Morgan fingerprint density at radius 3 is 1.00 bits per heavy atom. The van der Waals surface area contributed by atoms with Gasteiger partial charge in [0, 0.05) is 46.2 Å². The largest absolute Gasteiger partial charge is 0.314 e. The Balaban J connectivity index is 0.956. The van der Waals surface area contributed by atoms with E-state index in [1.54, 1.807) is 0 Å². The van der Waals surface area contributed by atoms with Crippen LogP contribution in [0.15, 0.2) is 260 Å². The summed E-state index contributed by atoms with van der Waals surface area (Å²) in [4.78, 5) is 4.97. The van der Waals surface area contributed by atoms with Gasteiger partial charge in [-0.25, -0.2) is 0 Å². The summed E-state index contributed by atoms with van der Waals surface area (Å²) in [5.74, 6) is 0.0171. The van der Waals surface area contributed by atoms with Gasteiger partial charge in [-0.2, -0.15) is 0 Å². The first-order valence-corrected chi connectivity index (χ1v) is 27.9. The minimum Gasteiger partial charge on any atom is -0.314 e. The third kappa shape index (κ3) is 11.4. The van der Waals surface area contributed by atoms with Gasteiger partial charge in [-0.3, -0.25) is 0 Å². The van der Waals surface area contributed by atoms with Gasteiger partial charge in [0.15, 0.2) is 0 Å². The van der Waals surface area contributed by atoms with E-state index >= 15 is 0 Å². The molecule has 2 heteroatoms. The summed E-state index contributed by atoms with van der Waals surface area (Å²) < 4.78 is 0. The average Bonchev–Trinajstić information content (AvgIpc) is 3.69. The fourth-order valence-electron chi connectivity index (χ4n) is 11.0. The van der Waals surface area contributed by atoms with Crippen LogP contribution in [0.25, 0.3) is 59.4 Å². The first kappa shape index (κ1) is 51.0. The molecule has 0 amide bonds. The van der Waals surface area contributed by atoms with Gasteiger partial charge in [0.05, 0.1) is 5.69 Å². The van der Waals surface area contributed by atoms with Crippen molar-refractivity contribution in [2.75, 3.05) is 9.80 Å². The van der Waals surface area contributed by atoms with Crippen LogP contribution in [0.4, 0.5) is 28.4 Å². The second-order valence-electron chi connectivity index (χ2n) is 21.3. The molecule has 80 heavy (non-hydrogen) atoms. The van der Waals surface area contributed by atoms with Crippen LogP contribution in [0.2, 0.25) is 0 Å². The molecule has 0 aliphatic heterocycles. The van der Waals surface area contributed by atoms with Crippen LogP contribution in [0, 0.1) is 27.7 Å². The number of aryl methyl sites for hydroxylation is 4. The first-order valence-electron chi connectivity index (χ1n) is 27.9. The molecule has 2 aliphatic rings. The van der Waals surface area contributed by atoms with Gasteiger partial charge in [-0.1, -0.05) is 265 Å². The number of allylic oxidation sites excluding steroid dienone is 6. The zero-order valence-electron chi connectivity index (χ0n) is 46.0. The predicted octanol–water partition coefficient (Wildman–Crippen LogP) is 21.1. The van der Waals surface area contributed by atoms with Crippen molar-refractivity contribution in [1.29, 1.82) is 0 Å². The topological polar surface area (TPSA) is 6.48 Å². The number of hydrogen-bond acceptors (Lipinski definition) is 2. The third-order valence-electron chi connectivity index (χ3n) is 15.5. The molecule has 2 aliphatic carbocycles. The lowest BCUT2D eigenvalue weighted by Crippen LogP contribution is -2.26. The van der Waals surface area contributed by atoms with Gasteiger partial charge in [-0.15, -0.1) is 0 Å². The van der Waals surface area contributed by atoms with Gasteiger partial charge < -0.3 is 9.80 Å². The van der Waals surface area contributed by atoms with Crippen molar-refractivity contribution in [2.24, 2.45) is 0 Å². The molecule has 0 N–H and O–H groups in total. The Kier molecular flexibility index (Phi) is 14.7. The van der Waals surface area contributed by atoms with Gasteiger partial charge in [0.1, 0.15) is 0 Å². The van der Waals surface area contributed by atoms with Crippen LogP contribution in [-0.4, -0.2) is 0 Å². The monoisotopic (exact) mass is 1030 g/mol. The highest BCUT2D eigenvalue weighted by molar-refractivity contribution is 6.02. The average molecular weight is 1030 g/mol. The third-order valence-corrected chi connectivity index (χ3v) is 15.5. The van der Waals surface area contributed by atoms with Crippen LogP contribution in [0.1, 0.15) is 83.8 Å². The number of nitrogens with zero attached hydrogens (tertiary/aromatic N) is 2. The van der Waals surface area contributed by atoms with E-state index in [2.05, 4.69) is 335 Å². The quantitative estimate of drug-likeness (QED) is 0.100. The molecular formula is C78H64N2. The second kappa shape index (κ2) is 23.1. The Hall–Kier alpha value is -9.76. The van der Waals surface area contributed by atoms with E-state index in [4.69, 9.17) is 0 Å². The fraction of sp³-hybridized carbons (Fsp3) is 0.0769. The Labute approximate surface area is 473 Å². The molecule has 0 bridgehead atoms. The lowest BCUT2D eigenvalue weighted by molar-refractivity contribution is 0.874. The fourth-order valence-corrected chi connectivity index (χ4v) is 11.0. The predicted molar refractivity (Wildman–Crippen MR) is 346 cm³/mol. The van der Waals surface area contributed by atoms with Crippen LogP contribution in [0.5, 0.6) is 0 Å². The molecule has 0 radical (unpaired) electrons. The molecule has 2 nitrogen and oxygen atoms in total. The van der Waals surface area contributed by atoms with Crippen molar-refractivity contribution in [3.05, 3.63) is 338 Å². The van der Waals surface area contributed by atoms with E-state index in [1.165, 1.54) is 77.7 Å². The van der Waals surface area contributed by atoms with E-state index in [0.717, 1.165) is 57.1 Å². The molecule has 0 aromatic heterocycles. The zero-order valence-corrected chi connectivity index (χ0v) is 46.0.